The Kier molecular flexibility index (Phi) is 2.08. The van der Waals surface area contributed by atoms with Gasteiger partial charge in [0.1, 0.15) is 17.4 Å². The van der Waals surface area contributed by atoms with Crippen LogP contribution in [-0.2, 0) is 6.42 Å². The van der Waals surface area contributed by atoms with Gasteiger partial charge in [-0.15, -0.1) is 0 Å². The fourth-order valence-electron chi connectivity index (χ4n) is 2.08. The topological polar surface area (TPSA) is 39.4 Å². The highest BCUT2D eigenvalue weighted by molar-refractivity contribution is 5.79. The minimum Gasteiger partial charge on any atom is -0.485 e. The summed E-state index contributed by atoms with van der Waals surface area (Å²) in [5.74, 6) is 0.861. The van der Waals surface area contributed by atoms with Crippen molar-refractivity contribution in [3.05, 3.63) is 52.4 Å². The Labute approximate surface area is 98.3 Å². The fraction of sp³-hybridized carbons (Fsp3) is 0.214. The molecular formula is C14H12O3. The van der Waals surface area contributed by atoms with E-state index in [2.05, 4.69) is 6.58 Å². The smallest absolute Gasteiger partial charge is 0.336 e. The fourth-order valence-corrected chi connectivity index (χ4v) is 2.08. The highest BCUT2D eigenvalue weighted by atomic mass is 16.5. The van der Waals surface area contributed by atoms with Crippen molar-refractivity contribution in [1.82, 2.24) is 0 Å². The summed E-state index contributed by atoms with van der Waals surface area (Å²) in [6, 6.07) is 6.96. The molecule has 0 aliphatic carbocycles. The van der Waals surface area contributed by atoms with E-state index in [1.54, 1.807) is 6.07 Å². The van der Waals surface area contributed by atoms with Gasteiger partial charge >= 0.3 is 5.63 Å². The van der Waals surface area contributed by atoms with Crippen LogP contribution in [0.5, 0.6) is 5.75 Å². The molecule has 1 unspecified atom stereocenters. The standard InChI is InChI=1S/C14H12O3/c1-8(2)11-6-10-7-12-9(5-13(10)16-11)3-4-14(15)17-12/h3-5,7,11H,1,6H2,2H3. The van der Waals surface area contributed by atoms with Gasteiger partial charge in [-0.05, 0) is 30.7 Å². The van der Waals surface area contributed by atoms with Crippen molar-refractivity contribution in [2.75, 3.05) is 0 Å². The molecule has 3 heteroatoms. The maximum absolute atomic E-state index is 11.1. The van der Waals surface area contributed by atoms with Crippen LogP contribution in [0, 0.1) is 0 Å². The van der Waals surface area contributed by atoms with E-state index in [1.165, 1.54) is 6.07 Å². The Balaban J connectivity index is 2.15. The summed E-state index contributed by atoms with van der Waals surface area (Å²) >= 11 is 0. The molecule has 1 aromatic heterocycles. The largest absolute Gasteiger partial charge is 0.485 e. The van der Waals surface area contributed by atoms with Gasteiger partial charge in [0, 0.05) is 23.4 Å². The second-order valence-electron chi connectivity index (χ2n) is 4.41. The van der Waals surface area contributed by atoms with Gasteiger partial charge in [0.05, 0.1) is 0 Å². The van der Waals surface area contributed by atoms with Gasteiger partial charge < -0.3 is 9.15 Å². The molecule has 2 heterocycles. The number of hydrogen-bond donors (Lipinski definition) is 0. The second kappa shape index (κ2) is 3.48. The van der Waals surface area contributed by atoms with Crippen molar-refractivity contribution in [3.8, 4) is 5.75 Å². The highest BCUT2D eigenvalue weighted by Gasteiger charge is 2.24. The monoisotopic (exact) mass is 228 g/mol. The second-order valence-corrected chi connectivity index (χ2v) is 4.41. The van der Waals surface area contributed by atoms with Gasteiger partial charge in [-0.3, -0.25) is 0 Å². The molecule has 3 rings (SSSR count). The first-order valence-corrected chi connectivity index (χ1v) is 5.52. The summed E-state index contributed by atoms with van der Waals surface area (Å²) < 4.78 is 10.9. The summed E-state index contributed by atoms with van der Waals surface area (Å²) in [5, 5.41) is 0.880. The Morgan fingerprint density at radius 3 is 3.00 bits per heavy atom. The third-order valence-corrected chi connectivity index (χ3v) is 3.03. The molecule has 1 aliphatic rings. The SMILES string of the molecule is C=C(C)C1Cc2cc3oc(=O)ccc3cc2O1. The van der Waals surface area contributed by atoms with E-state index >= 15 is 0 Å². The molecule has 0 fully saturated rings. The molecule has 86 valence electrons. The number of rotatable bonds is 1. The van der Waals surface area contributed by atoms with E-state index in [9.17, 15) is 4.79 Å². The Hall–Kier alpha value is -2.03. The lowest BCUT2D eigenvalue weighted by atomic mass is 10.0. The van der Waals surface area contributed by atoms with Crippen molar-refractivity contribution < 1.29 is 9.15 Å². The molecule has 1 aliphatic heterocycles. The zero-order chi connectivity index (χ0) is 12.0. The Morgan fingerprint density at radius 1 is 1.41 bits per heavy atom. The number of fused-ring (bicyclic) bond motifs is 2. The molecule has 0 spiro atoms. The summed E-state index contributed by atoms with van der Waals surface area (Å²) in [4.78, 5) is 11.1. The van der Waals surface area contributed by atoms with E-state index in [0.29, 0.717) is 5.58 Å². The molecule has 2 aromatic rings. The molecule has 17 heavy (non-hydrogen) atoms. The van der Waals surface area contributed by atoms with Crippen LogP contribution >= 0.6 is 0 Å². The lowest BCUT2D eigenvalue weighted by Gasteiger charge is -2.08. The van der Waals surface area contributed by atoms with Crippen LogP contribution in [0.25, 0.3) is 11.0 Å². The van der Waals surface area contributed by atoms with Gasteiger partial charge in [0.2, 0.25) is 0 Å². The van der Waals surface area contributed by atoms with Crippen molar-refractivity contribution in [3.63, 3.8) is 0 Å². The van der Waals surface area contributed by atoms with Crippen LogP contribution in [0.15, 0.2) is 45.6 Å². The molecule has 1 atom stereocenters. The quantitative estimate of drug-likeness (QED) is 0.556. The van der Waals surface area contributed by atoms with Crippen molar-refractivity contribution in [2.24, 2.45) is 0 Å². The Bertz CT molecular complexity index is 667. The molecule has 0 saturated heterocycles. The van der Waals surface area contributed by atoms with Gasteiger partial charge in [0.25, 0.3) is 0 Å². The summed E-state index contributed by atoms with van der Waals surface area (Å²) in [5.41, 5.74) is 2.36. The number of benzene rings is 1. The van der Waals surface area contributed by atoms with E-state index in [-0.39, 0.29) is 11.7 Å². The third kappa shape index (κ3) is 1.64. The lowest BCUT2D eigenvalue weighted by Crippen LogP contribution is -2.13. The maximum Gasteiger partial charge on any atom is 0.336 e. The molecule has 0 saturated carbocycles. The van der Waals surface area contributed by atoms with Crippen molar-refractivity contribution in [2.45, 2.75) is 19.4 Å². The normalized spacial score (nSPS) is 17.8. The molecule has 1 aromatic carbocycles. The molecule has 0 amide bonds. The van der Waals surface area contributed by atoms with E-state index in [4.69, 9.17) is 9.15 Å². The highest BCUT2D eigenvalue weighted by Crippen LogP contribution is 2.34. The van der Waals surface area contributed by atoms with Crippen LogP contribution in [0.1, 0.15) is 12.5 Å². The van der Waals surface area contributed by atoms with Crippen molar-refractivity contribution in [1.29, 1.82) is 0 Å². The maximum atomic E-state index is 11.1. The number of ether oxygens (including phenoxy) is 1. The van der Waals surface area contributed by atoms with Crippen LogP contribution < -0.4 is 10.4 Å². The molecule has 3 nitrogen and oxygen atoms in total. The zero-order valence-electron chi connectivity index (χ0n) is 9.53. The lowest BCUT2D eigenvalue weighted by molar-refractivity contribution is 0.271. The molecule has 0 radical (unpaired) electrons. The van der Waals surface area contributed by atoms with Crippen LogP contribution in [0.3, 0.4) is 0 Å². The first-order chi connectivity index (χ1) is 8.13. The van der Waals surface area contributed by atoms with Crippen LogP contribution in [0.2, 0.25) is 0 Å². The summed E-state index contributed by atoms with van der Waals surface area (Å²) in [6.07, 6.45) is 0.827. The number of hydrogen-bond acceptors (Lipinski definition) is 3. The average Bonchev–Trinajstić information content (AvgIpc) is 2.68. The minimum absolute atomic E-state index is 0.0357. The molecule has 0 bridgehead atoms. The van der Waals surface area contributed by atoms with Gasteiger partial charge in [-0.2, -0.15) is 0 Å². The van der Waals surface area contributed by atoms with E-state index in [0.717, 1.165) is 28.7 Å². The summed E-state index contributed by atoms with van der Waals surface area (Å²) in [7, 11) is 0. The Morgan fingerprint density at radius 2 is 2.24 bits per heavy atom. The third-order valence-electron chi connectivity index (χ3n) is 3.03. The van der Waals surface area contributed by atoms with Crippen LogP contribution in [0.4, 0.5) is 0 Å². The van der Waals surface area contributed by atoms with E-state index in [1.807, 2.05) is 19.1 Å². The van der Waals surface area contributed by atoms with Crippen molar-refractivity contribution >= 4 is 11.0 Å². The first kappa shape index (κ1) is 10.1. The van der Waals surface area contributed by atoms with Crippen LogP contribution in [-0.4, -0.2) is 6.10 Å². The predicted octanol–water partition coefficient (Wildman–Crippen LogP) is 2.67. The first-order valence-electron chi connectivity index (χ1n) is 5.52. The molecular weight excluding hydrogens is 216 g/mol. The minimum atomic E-state index is -0.326. The summed E-state index contributed by atoms with van der Waals surface area (Å²) in [6.45, 7) is 5.86. The van der Waals surface area contributed by atoms with E-state index < -0.39 is 0 Å². The van der Waals surface area contributed by atoms with Gasteiger partial charge in [0.15, 0.2) is 0 Å². The zero-order valence-corrected chi connectivity index (χ0v) is 9.53. The molecule has 0 N–H and O–H groups in total. The predicted molar refractivity (Wildman–Crippen MR) is 65.4 cm³/mol. The van der Waals surface area contributed by atoms with Gasteiger partial charge in [-0.25, -0.2) is 4.79 Å². The van der Waals surface area contributed by atoms with Gasteiger partial charge in [-0.1, -0.05) is 6.58 Å². The average molecular weight is 228 g/mol.